The summed E-state index contributed by atoms with van der Waals surface area (Å²) in [6.45, 7) is 4.45. The van der Waals surface area contributed by atoms with E-state index >= 15 is 0 Å². The van der Waals surface area contributed by atoms with Crippen LogP contribution in [0, 0.1) is 0 Å². The van der Waals surface area contributed by atoms with Crippen LogP contribution in [-0.4, -0.2) is 14.8 Å². The molecule has 0 aliphatic rings. The van der Waals surface area contributed by atoms with Gasteiger partial charge in [-0.2, -0.15) is 0 Å². The van der Waals surface area contributed by atoms with Crippen LogP contribution < -0.4 is 5.32 Å². The normalized spacial score (nSPS) is 10.3. The SMILES string of the molecule is C=Cc1ccc(Cn2cnc(Nc3ccccc3)n2)cc1. The second kappa shape index (κ2) is 6.05. The van der Waals surface area contributed by atoms with Gasteiger partial charge in [0, 0.05) is 5.69 Å². The highest BCUT2D eigenvalue weighted by molar-refractivity contribution is 5.52. The van der Waals surface area contributed by atoms with Crippen LogP contribution in [0.2, 0.25) is 0 Å². The van der Waals surface area contributed by atoms with Gasteiger partial charge in [0.1, 0.15) is 6.33 Å². The summed E-state index contributed by atoms with van der Waals surface area (Å²) in [6, 6.07) is 18.1. The lowest BCUT2D eigenvalue weighted by atomic mass is 10.1. The number of rotatable bonds is 5. The standard InChI is InChI=1S/C17H16N4/c1-2-14-8-10-15(11-9-14)12-21-13-18-17(20-21)19-16-6-4-3-5-7-16/h2-11,13H,1,12H2,(H,19,20). The Bertz CT molecular complexity index is 714. The van der Waals surface area contributed by atoms with Crippen LogP contribution in [0.1, 0.15) is 11.1 Å². The Labute approximate surface area is 123 Å². The highest BCUT2D eigenvalue weighted by Gasteiger charge is 2.02. The first-order chi connectivity index (χ1) is 10.3. The van der Waals surface area contributed by atoms with E-state index in [4.69, 9.17) is 0 Å². The van der Waals surface area contributed by atoms with Crippen molar-refractivity contribution in [1.29, 1.82) is 0 Å². The monoisotopic (exact) mass is 276 g/mol. The number of hydrogen-bond acceptors (Lipinski definition) is 3. The molecule has 1 heterocycles. The summed E-state index contributed by atoms with van der Waals surface area (Å²) >= 11 is 0. The summed E-state index contributed by atoms with van der Waals surface area (Å²) in [5, 5.41) is 7.59. The number of hydrogen-bond donors (Lipinski definition) is 1. The zero-order chi connectivity index (χ0) is 14.5. The van der Waals surface area contributed by atoms with E-state index in [1.165, 1.54) is 5.56 Å². The van der Waals surface area contributed by atoms with Crippen LogP contribution in [-0.2, 0) is 6.54 Å². The lowest BCUT2D eigenvalue weighted by molar-refractivity contribution is 0.687. The molecule has 4 nitrogen and oxygen atoms in total. The molecule has 0 atom stereocenters. The molecular formula is C17H16N4. The number of aromatic nitrogens is 3. The average molecular weight is 276 g/mol. The van der Waals surface area contributed by atoms with Crippen molar-refractivity contribution in [2.24, 2.45) is 0 Å². The van der Waals surface area contributed by atoms with Crippen molar-refractivity contribution in [3.63, 3.8) is 0 Å². The maximum atomic E-state index is 4.42. The topological polar surface area (TPSA) is 42.7 Å². The van der Waals surface area contributed by atoms with Gasteiger partial charge in [-0.25, -0.2) is 9.67 Å². The van der Waals surface area contributed by atoms with Crippen molar-refractivity contribution < 1.29 is 0 Å². The predicted molar refractivity (Wildman–Crippen MR) is 85.4 cm³/mol. The van der Waals surface area contributed by atoms with Gasteiger partial charge < -0.3 is 5.32 Å². The number of nitrogens with zero attached hydrogens (tertiary/aromatic N) is 3. The molecule has 0 amide bonds. The Balaban J connectivity index is 1.68. The summed E-state index contributed by atoms with van der Waals surface area (Å²) in [7, 11) is 0. The van der Waals surface area contributed by atoms with E-state index in [1.54, 1.807) is 6.33 Å². The van der Waals surface area contributed by atoms with Crippen LogP contribution in [0.25, 0.3) is 6.08 Å². The van der Waals surface area contributed by atoms with Gasteiger partial charge in [0.05, 0.1) is 6.54 Å². The molecule has 21 heavy (non-hydrogen) atoms. The van der Waals surface area contributed by atoms with E-state index in [9.17, 15) is 0 Å². The van der Waals surface area contributed by atoms with Gasteiger partial charge in [-0.15, -0.1) is 5.10 Å². The van der Waals surface area contributed by atoms with E-state index in [-0.39, 0.29) is 0 Å². The Kier molecular flexibility index (Phi) is 3.78. The molecule has 0 aliphatic carbocycles. The molecule has 0 aliphatic heterocycles. The first kappa shape index (κ1) is 13.1. The molecule has 3 aromatic rings. The van der Waals surface area contributed by atoms with Crippen LogP contribution in [0.3, 0.4) is 0 Å². The summed E-state index contributed by atoms with van der Waals surface area (Å²) in [4.78, 5) is 4.27. The van der Waals surface area contributed by atoms with E-state index in [2.05, 4.69) is 34.1 Å². The van der Waals surface area contributed by atoms with Gasteiger partial charge in [-0.05, 0) is 23.3 Å². The summed E-state index contributed by atoms with van der Waals surface area (Å²) in [5.41, 5.74) is 3.27. The molecule has 104 valence electrons. The van der Waals surface area contributed by atoms with Crippen molar-refractivity contribution >= 4 is 17.7 Å². The molecule has 0 unspecified atom stereocenters. The minimum Gasteiger partial charge on any atom is -0.323 e. The molecule has 0 saturated carbocycles. The second-order valence-corrected chi connectivity index (χ2v) is 4.70. The molecule has 3 rings (SSSR count). The molecule has 0 spiro atoms. The molecule has 0 saturated heterocycles. The summed E-state index contributed by atoms with van der Waals surface area (Å²) < 4.78 is 1.81. The summed E-state index contributed by atoms with van der Waals surface area (Å²) in [6.07, 6.45) is 3.56. The molecule has 0 radical (unpaired) electrons. The van der Waals surface area contributed by atoms with Crippen LogP contribution in [0.4, 0.5) is 11.6 Å². The molecule has 0 fully saturated rings. The van der Waals surface area contributed by atoms with Gasteiger partial charge in [-0.1, -0.05) is 55.1 Å². The van der Waals surface area contributed by atoms with Gasteiger partial charge >= 0.3 is 0 Å². The summed E-state index contributed by atoms with van der Waals surface area (Å²) in [5.74, 6) is 0.601. The number of anilines is 2. The fourth-order valence-electron chi connectivity index (χ4n) is 2.02. The molecule has 0 bridgehead atoms. The van der Waals surface area contributed by atoms with E-state index in [0.717, 1.165) is 11.3 Å². The minimum atomic E-state index is 0.601. The second-order valence-electron chi connectivity index (χ2n) is 4.70. The molecular weight excluding hydrogens is 260 g/mol. The first-order valence-corrected chi connectivity index (χ1v) is 6.76. The van der Waals surface area contributed by atoms with E-state index in [0.29, 0.717) is 12.5 Å². The number of nitrogens with one attached hydrogen (secondary N) is 1. The van der Waals surface area contributed by atoms with Gasteiger partial charge in [0.2, 0.25) is 5.95 Å². The number of para-hydroxylation sites is 1. The maximum absolute atomic E-state index is 4.42. The highest BCUT2D eigenvalue weighted by Crippen LogP contribution is 2.12. The molecule has 2 aromatic carbocycles. The van der Waals surface area contributed by atoms with E-state index in [1.807, 2.05) is 53.2 Å². The number of benzene rings is 2. The van der Waals surface area contributed by atoms with Crippen molar-refractivity contribution in [2.45, 2.75) is 6.54 Å². The third kappa shape index (κ3) is 3.36. The van der Waals surface area contributed by atoms with Crippen molar-refractivity contribution in [1.82, 2.24) is 14.8 Å². The average Bonchev–Trinajstić information content (AvgIpc) is 2.96. The smallest absolute Gasteiger partial charge is 0.246 e. The zero-order valence-electron chi connectivity index (χ0n) is 11.6. The van der Waals surface area contributed by atoms with E-state index < -0.39 is 0 Å². The molecule has 1 N–H and O–H groups in total. The minimum absolute atomic E-state index is 0.601. The third-order valence-corrected chi connectivity index (χ3v) is 3.13. The highest BCUT2D eigenvalue weighted by atomic mass is 15.4. The van der Waals surface area contributed by atoms with Crippen molar-refractivity contribution in [2.75, 3.05) is 5.32 Å². The largest absolute Gasteiger partial charge is 0.323 e. The van der Waals surface area contributed by atoms with Gasteiger partial charge in [-0.3, -0.25) is 0 Å². The quantitative estimate of drug-likeness (QED) is 0.772. The maximum Gasteiger partial charge on any atom is 0.246 e. The van der Waals surface area contributed by atoms with Gasteiger partial charge in [0.25, 0.3) is 0 Å². The lowest BCUT2D eigenvalue weighted by Crippen LogP contribution is -2.01. The van der Waals surface area contributed by atoms with Crippen LogP contribution >= 0.6 is 0 Å². The molecule has 1 aromatic heterocycles. The van der Waals surface area contributed by atoms with Gasteiger partial charge in [0.15, 0.2) is 0 Å². The Morgan fingerprint density at radius 2 is 1.81 bits per heavy atom. The zero-order valence-corrected chi connectivity index (χ0v) is 11.6. The van der Waals surface area contributed by atoms with Crippen molar-refractivity contribution in [3.05, 3.63) is 78.6 Å². The van der Waals surface area contributed by atoms with Crippen molar-refractivity contribution in [3.8, 4) is 0 Å². The predicted octanol–water partition coefficient (Wildman–Crippen LogP) is 3.71. The Morgan fingerprint density at radius 3 is 2.52 bits per heavy atom. The lowest BCUT2D eigenvalue weighted by Gasteiger charge is -2.02. The Morgan fingerprint density at radius 1 is 1.05 bits per heavy atom. The van der Waals surface area contributed by atoms with Crippen LogP contribution in [0.5, 0.6) is 0 Å². The fourth-order valence-corrected chi connectivity index (χ4v) is 2.02. The molecule has 4 heteroatoms. The third-order valence-electron chi connectivity index (χ3n) is 3.13. The fraction of sp³-hybridized carbons (Fsp3) is 0.0588. The first-order valence-electron chi connectivity index (χ1n) is 6.76. The Hall–Kier alpha value is -2.88. The van der Waals surface area contributed by atoms with Crippen LogP contribution in [0.15, 0.2) is 67.5 Å².